The summed E-state index contributed by atoms with van der Waals surface area (Å²) in [4.78, 5) is 9.01. The lowest BCUT2D eigenvalue weighted by Crippen LogP contribution is -2.06. The number of nitrogens with zero attached hydrogens (tertiary/aromatic N) is 3. The first kappa shape index (κ1) is 12.8. The predicted octanol–water partition coefficient (Wildman–Crippen LogP) is 2.47. The van der Waals surface area contributed by atoms with Crippen molar-refractivity contribution < 1.29 is 0 Å². The van der Waals surface area contributed by atoms with E-state index in [9.17, 15) is 0 Å². The Kier molecular flexibility index (Phi) is 3.48. The second-order valence-electron chi connectivity index (χ2n) is 4.90. The summed E-state index contributed by atoms with van der Waals surface area (Å²) in [5.41, 5.74) is 10.1. The Morgan fingerprint density at radius 3 is 2.50 bits per heavy atom. The number of pyridine rings is 1. The summed E-state index contributed by atoms with van der Waals surface area (Å²) < 4.78 is 2.01. The molecule has 0 aliphatic rings. The summed E-state index contributed by atoms with van der Waals surface area (Å²) in [5.74, 6) is 1.29. The third kappa shape index (κ3) is 2.29. The van der Waals surface area contributed by atoms with Crippen LogP contribution >= 0.6 is 0 Å². The van der Waals surface area contributed by atoms with Crippen LogP contribution in [0.2, 0.25) is 0 Å². The summed E-state index contributed by atoms with van der Waals surface area (Å²) in [5, 5.41) is 0. The van der Waals surface area contributed by atoms with Gasteiger partial charge in [-0.1, -0.05) is 13.8 Å². The molecule has 18 heavy (non-hydrogen) atoms. The monoisotopic (exact) mass is 244 g/mol. The van der Waals surface area contributed by atoms with Gasteiger partial charge in [-0.2, -0.15) is 0 Å². The van der Waals surface area contributed by atoms with E-state index in [2.05, 4.69) is 24.9 Å². The van der Waals surface area contributed by atoms with Gasteiger partial charge in [0.15, 0.2) is 0 Å². The maximum atomic E-state index is 5.76. The van der Waals surface area contributed by atoms with Crippen molar-refractivity contribution in [2.45, 2.75) is 40.2 Å². The van der Waals surface area contributed by atoms with Gasteiger partial charge in [-0.05, 0) is 37.5 Å². The van der Waals surface area contributed by atoms with E-state index < -0.39 is 0 Å². The van der Waals surface area contributed by atoms with E-state index in [1.807, 2.05) is 30.8 Å². The molecule has 96 valence electrons. The molecule has 2 aromatic rings. The highest BCUT2D eigenvalue weighted by atomic mass is 15.1. The number of imidazole rings is 1. The van der Waals surface area contributed by atoms with E-state index in [1.54, 1.807) is 0 Å². The van der Waals surface area contributed by atoms with Crippen LogP contribution in [0.4, 0.5) is 0 Å². The van der Waals surface area contributed by atoms with E-state index in [-0.39, 0.29) is 0 Å². The van der Waals surface area contributed by atoms with Gasteiger partial charge < -0.3 is 5.73 Å². The maximum Gasteiger partial charge on any atom is 0.138 e. The topological polar surface area (TPSA) is 56.7 Å². The molecule has 2 N–H and O–H groups in total. The van der Waals surface area contributed by atoms with E-state index in [0.29, 0.717) is 12.5 Å². The molecule has 0 bridgehead atoms. The third-order valence-electron chi connectivity index (χ3n) is 3.22. The molecule has 0 atom stereocenters. The van der Waals surface area contributed by atoms with E-state index in [4.69, 9.17) is 10.7 Å². The zero-order chi connectivity index (χ0) is 13.3. The number of aromatic nitrogens is 3. The number of nitrogens with two attached hydrogens (primary N) is 1. The molecule has 0 saturated heterocycles. The molecule has 0 aromatic carbocycles. The molecule has 0 fully saturated rings. The largest absolute Gasteiger partial charge is 0.326 e. The Morgan fingerprint density at radius 2 is 2.00 bits per heavy atom. The zero-order valence-electron chi connectivity index (χ0n) is 11.4. The average Bonchev–Trinajstić information content (AvgIpc) is 2.69. The fraction of sp³-hybridized carbons (Fsp3) is 0.429. The minimum absolute atomic E-state index is 0.389. The van der Waals surface area contributed by atoms with Crippen molar-refractivity contribution in [2.24, 2.45) is 5.73 Å². The third-order valence-corrected chi connectivity index (χ3v) is 3.22. The summed E-state index contributed by atoms with van der Waals surface area (Å²) in [7, 11) is 0. The minimum atomic E-state index is 0.389. The van der Waals surface area contributed by atoms with Crippen molar-refractivity contribution in [1.29, 1.82) is 0 Å². The van der Waals surface area contributed by atoms with Crippen molar-refractivity contribution in [3.05, 3.63) is 41.1 Å². The van der Waals surface area contributed by atoms with Crippen LogP contribution < -0.4 is 5.73 Å². The molecule has 0 aliphatic carbocycles. The molecule has 0 radical (unpaired) electrons. The molecule has 2 aromatic heterocycles. The minimum Gasteiger partial charge on any atom is -0.326 e. The summed E-state index contributed by atoms with van der Waals surface area (Å²) in [6, 6.07) is 4.10. The van der Waals surface area contributed by atoms with Gasteiger partial charge in [0.1, 0.15) is 12.1 Å². The SMILES string of the molecule is Cc1ncn(-c2cc(CN)cc(C(C)C)n2)c1C. The smallest absolute Gasteiger partial charge is 0.138 e. The number of hydrogen-bond donors (Lipinski definition) is 1. The van der Waals surface area contributed by atoms with Crippen molar-refractivity contribution in [3.63, 3.8) is 0 Å². The number of aryl methyl sites for hydroxylation is 1. The van der Waals surface area contributed by atoms with Crippen molar-refractivity contribution in [1.82, 2.24) is 14.5 Å². The second kappa shape index (κ2) is 4.90. The standard InChI is InChI=1S/C14H20N4/c1-9(2)13-5-12(7-15)6-14(17-13)18-8-16-10(3)11(18)4/h5-6,8-9H,7,15H2,1-4H3. The quantitative estimate of drug-likeness (QED) is 0.902. The molecule has 0 unspecified atom stereocenters. The van der Waals surface area contributed by atoms with Gasteiger partial charge in [-0.25, -0.2) is 9.97 Å². The highest BCUT2D eigenvalue weighted by Crippen LogP contribution is 2.19. The van der Waals surface area contributed by atoms with Gasteiger partial charge in [0.25, 0.3) is 0 Å². The van der Waals surface area contributed by atoms with Crippen LogP contribution in [0.25, 0.3) is 5.82 Å². The van der Waals surface area contributed by atoms with E-state index in [1.165, 1.54) is 0 Å². The van der Waals surface area contributed by atoms with Gasteiger partial charge in [-0.15, -0.1) is 0 Å². The average molecular weight is 244 g/mol. The molecular weight excluding hydrogens is 224 g/mol. The molecule has 2 rings (SSSR count). The molecule has 0 aliphatic heterocycles. The number of rotatable bonds is 3. The highest BCUT2D eigenvalue weighted by molar-refractivity contribution is 5.34. The van der Waals surface area contributed by atoms with Crippen LogP contribution in [0.15, 0.2) is 18.5 Å². The van der Waals surface area contributed by atoms with Crippen LogP contribution in [0.3, 0.4) is 0 Å². The summed E-state index contributed by atoms with van der Waals surface area (Å²) >= 11 is 0. The first-order chi connectivity index (χ1) is 8.52. The normalized spacial score (nSPS) is 11.2. The molecule has 2 heterocycles. The van der Waals surface area contributed by atoms with Crippen molar-refractivity contribution in [3.8, 4) is 5.82 Å². The fourth-order valence-corrected chi connectivity index (χ4v) is 1.86. The molecule has 4 nitrogen and oxygen atoms in total. The lowest BCUT2D eigenvalue weighted by atomic mass is 10.1. The Morgan fingerprint density at radius 1 is 1.28 bits per heavy atom. The number of hydrogen-bond acceptors (Lipinski definition) is 3. The molecule has 0 amide bonds. The summed E-state index contributed by atoms with van der Waals surface area (Å²) in [6.45, 7) is 8.86. The molecule has 4 heteroatoms. The van der Waals surface area contributed by atoms with Crippen LogP contribution in [-0.2, 0) is 6.54 Å². The predicted molar refractivity (Wildman–Crippen MR) is 72.8 cm³/mol. The van der Waals surface area contributed by atoms with Crippen LogP contribution in [-0.4, -0.2) is 14.5 Å². The van der Waals surface area contributed by atoms with Gasteiger partial charge in [0, 0.05) is 17.9 Å². The Bertz CT molecular complexity index is 555. The van der Waals surface area contributed by atoms with Crippen molar-refractivity contribution in [2.75, 3.05) is 0 Å². The van der Waals surface area contributed by atoms with Crippen LogP contribution in [0, 0.1) is 13.8 Å². The molecular formula is C14H20N4. The first-order valence-electron chi connectivity index (χ1n) is 6.24. The highest BCUT2D eigenvalue weighted by Gasteiger charge is 2.10. The summed E-state index contributed by atoms with van der Waals surface area (Å²) in [6.07, 6.45) is 1.82. The van der Waals surface area contributed by atoms with Gasteiger partial charge >= 0.3 is 0 Å². The van der Waals surface area contributed by atoms with E-state index >= 15 is 0 Å². The van der Waals surface area contributed by atoms with Crippen LogP contribution in [0.1, 0.15) is 42.4 Å². The first-order valence-corrected chi connectivity index (χ1v) is 6.24. The fourth-order valence-electron chi connectivity index (χ4n) is 1.86. The lowest BCUT2D eigenvalue weighted by molar-refractivity contribution is 0.798. The van der Waals surface area contributed by atoms with Gasteiger partial charge in [0.2, 0.25) is 0 Å². The van der Waals surface area contributed by atoms with E-state index in [0.717, 1.165) is 28.5 Å². The van der Waals surface area contributed by atoms with Gasteiger partial charge in [-0.3, -0.25) is 4.57 Å². The molecule has 0 saturated carbocycles. The Balaban J connectivity index is 2.56. The molecule has 0 spiro atoms. The van der Waals surface area contributed by atoms with Crippen LogP contribution in [0.5, 0.6) is 0 Å². The second-order valence-corrected chi connectivity index (χ2v) is 4.90. The Hall–Kier alpha value is -1.68. The lowest BCUT2D eigenvalue weighted by Gasteiger charge is -2.12. The van der Waals surface area contributed by atoms with Crippen molar-refractivity contribution >= 4 is 0 Å². The zero-order valence-corrected chi connectivity index (χ0v) is 11.4. The van der Waals surface area contributed by atoms with Gasteiger partial charge in [0.05, 0.1) is 5.69 Å². The maximum absolute atomic E-state index is 5.76. The Labute approximate surface area is 108 Å².